The normalized spacial score (nSPS) is 20.5. The highest BCUT2D eigenvalue weighted by Gasteiger charge is 2.51. The summed E-state index contributed by atoms with van der Waals surface area (Å²) in [5.41, 5.74) is 2.54. The van der Waals surface area contributed by atoms with E-state index >= 15 is 0 Å². The van der Waals surface area contributed by atoms with Crippen LogP contribution in [0.3, 0.4) is 0 Å². The molecule has 2 aromatic heterocycles. The topological polar surface area (TPSA) is 50.7 Å². The van der Waals surface area contributed by atoms with Gasteiger partial charge in [0.05, 0.1) is 41.7 Å². The number of thiazole rings is 2. The van der Waals surface area contributed by atoms with Crippen LogP contribution in [0.1, 0.15) is 63.4 Å². The molecule has 10 heteroatoms. The Morgan fingerprint density at radius 1 is 0.738 bits per heavy atom. The summed E-state index contributed by atoms with van der Waals surface area (Å²) in [4.78, 5) is 14.6. The molecule has 0 unspecified atom stereocenters. The molecule has 3 fully saturated rings. The number of halogens is 1. The Bertz CT molecular complexity index is 1490. The van der Waals surface area contributed by atoms with Gasteiger partial charge in [-0.3, -0.25) is 0 Å². The first-order valence-corrected chi connectivity index (χ1v) is 17.4. The van der Waals surface area contributed by atoms with Crippen LogP contribution in [0.4, 0.5) is 0 Å². The molecule has 2 aromatic carbocycles. The van der Waals surface area contributed by atoms with E-state index in [1.54, 1.807) is 11.3 Å². The summed E-state index contributed by atoms with van der Waals surface area (Å²) in [5, 5.41) is 3.23. The van der Waals surface area contributed by atoms with Gasteiger partial charge in [-0.2, -0.15) is 0 Å². The third-order valence-electron chi connectivity index (χ3n) is 9.06. The number of rotatable bonds is 7. The van der Waals surface area contributed by atoms with Crippen LogP contribution >= 0.6 is 34.3 Å². The molecular formula is C32H42BClN4O2S2. The van der Waals surface area contributed by atoms with Crippen molar-refractivity contribution in [2.75, 3.05) is 39.3 Å². The van der Waals surface area contributed by atoms with E-state index < -0.39 is 0 Å². The second kappa shape index (κ2) is 12.8. The van der Waals surface area contributed by atoms with Gasteiger partial charge in [0.1, 0.15) is 0 Å². The minimum atomic E-state index is -0.316. The molecule has 3 saturated heterocycles. The smallest absolute Gasteiger partial charge is 0.399 e. The van der Waals surface area contributed by atoms with Crippen LogP contribution < -0.4 is 5.46 Å². The first-order chi connectivity index (χ1) is 20.1. The molecule has 3 aliphatic rings. The summed E-state index contributed by atoms with van der Waals surface area (Å²) in [5.74, 6) is 0. The summed E-state index contributed by atoms with van der Waals surface area (Å²) in [6.07, 6.45) is 7.52. The summed E-state index contributed by atoms with van der Waals surface area (Å²) < 4.78 is 14.8. The third kappa shape index (κ3) is 7.04. The Labute approximate surface area is 263 Å². The van der Waals surface area contributed by atoms with Crippen molar-refractivity contribution in [1.82, 2.24) is 19.8 Å². The van der Waals surface area contributed by atoms with E-state index in [1.165, 1.54) is 71.3 Å². The zero-order chi connectivity index (χ0) is 29.3. The van der Waals surface area contributed by atoms with Gasteiger partial charge in [0.25, 0.3) is 0 Å². The monoisotopic (exact) mass is 624 g/mol. The summed E-state index contributed by atoms with van der Waals surface area (Å²) >= 11 is 9.57. The quantitative estimate of drug-likeness (QED) is 0.210. The lowest BCUT2D eigenvalue weighted by molar-refractivity contribution is 0.00578. The molecule has 4 aromatic rings. The first kappa shape index (κ1) is 30.4. The van der Waals surface area contributed by atoms with Gasteiger partial charge in [0.2, 0.25) is 0 Å². The number of aromatic nitrogens is 2. The molecule has 5 heterocycles. The molecule has 0 aliphatic carbocycles. The fourth-order valence-electron chi connectivity index (χ4n) is 5.80. The summed E-state index contributed by atoms with van der Waals surface area (Å²) in [6.45, 7) is 15.6. The summed E-state index contributed by atoms with van der Waals surface area (Å²) in [7, 11) is -0.316. The fourth-order valence-corrected chi connectivity index (χ4v) is 7.84. The lowest BCUT2D eigenvalue weighted by Crippen LogP contribution is -2.41. The molecule has 0 N–H and O–H groups in total. The predicted octanol–water partition coefficient (Wildman–Crippen LogP) is 6.82. The van der Waals surface area contributed by atoms with Gasteiger partial charge in [-0.15, -0.1) is 22.7 Å². The van der Waals surface area contributed by atoms with Crippen LogP contribution in [0.5, 0.6) is 0 Å². The van der Waals surface area contributed by atoms with E-state index in [1.807, 2.05) is 23.5 Å². The molecule has 42 heavy (non-hydrogen) atoms. The van der Waals surface area contributed by atoms with Gasteiger partial charge in [-0.05, 0) is 115 Å². The van der Waals surface area contributed by atoms with Crippen molar-refractivity contribution < 1.29 is 9.31 Å². The predicted molar refractivity (Wildman–Crippen MR) is 179 cm³/mol. The number of likely N-dealkylation sites (tertiary alicyclic amines) is 2. The van der Waals surface area contributed by atoms with Crippen molar-refractivity contribution >= 4 is 67.3 Å². The van der Waals surface area contributed by atoms with E-state index in [-0.39, 0.29) is 18.3 Å². The molecule has 0 radical (unpaired) electrons. The highest BCUT2D eigenvalue weighted by molar-refractivity contribution is 7.18. The van der Waals surface area contributed by atoms with E-state index in [0.717, 1.165) is 47.4 Å². The van der Waals surface area contributed by atoms with Crippen molar-refractivity contribution in [2.45, 2.75) is 77.4 Å². The average Bonchev–Trinajstić information content (AvgIpc) is 3.77. The van der Waals surface area contributed by atoms with Crippen LogP contribution in [0.2, 0.25) is 5.02 Å². The van der Waals surface area contributed by atoms with E-state index in [9.17, 15) is 0 Å². The minimum absolute atomic E-state index is 0.310. The average molecular weight is 625 g/mol. The van der Waals surface area contributed by atoms with Gasteiger partial charge in [0.15, 0.2) is 0 Å². The maximum atomic E-state index is 6.17. The zero-order valence-electron chi connectivity index (χ0n) is 25.3. The van der Waals surface area contributed by atoms with Crippen LogP contribution in [0.25, 0.3) is 20.4 Å². The molecular weight excluding hydrogens is 583 g/mol. The van der Waals surface area contributed by atoms with Crippen LogP contribution in [-0.2, 0) is 22.2 Å². The first-order valence-electron chi connectivity index (χ1n) is 15.4. The largest absolute Gasteiger partial charge is 0.494 e. The lowest BCUT2D eigenvalue weighted by atomic mass is 9.79. The Balaban J connectivity index is 0.000000162. The van der Waals surface area contributed by atoms with Gasteiger partial charge >= 0.3 is 7.12 Å². The van der Waals surface area contributed by atoms with Gasteiger partial charge < -0.3 is 19.1 Å². The number of hydrogen-bond donors (Lipinski definition) is 0. The lowest BCUT2D eigenvalue weighted by Gasteiger charge is -2.32. The van der Waals surface area contributed by atoms with E-state index in [4.69, 9.17) is 25.9 Å². The molecule has 0 bridgehead atoms. The van der Waals surface area contributed by atoms with Gasteiger partial charge in [-0.1, -0.05) is 17.7 Å². The standard InChI is InChI=1S/C19H27BN2O2S.C13H15ClN2S/c1-18(2)19(3,4)24-20(23-18)14-7-8-16-15(13-14)21-17(25-16)9-12-22-10-5-6-11-22;14-10-3-4-12-11(9-10)15-13(17-12)5-8-16-6-1-2-7-16/h7-8,13H,5-6,9-12H2,1-4H3;3-4,9H,1-2,5-8H2. The van der Waals surface area contributed by atoms with Crippen molar-refractivity contribution in [1.29, 1.82) is 0 Å². The zero-order valence-corrected chi connectivity index (χ0v) is 27.7. The molecule has 224 valence electrons. The maximum absolute atomic E-state index is 6.17. The highest BCUT2D eigenvalue weighted by atomic mass is 35.5. The molecule has 6 nitrogen and oxygen atoms in total. The fraction of sp³-hybridized carbons (Fsp3) is 0.562. The maximum Gasteiger partial charge on any atom is 0.494 e. The van der Waals surface area contributed by atoms with Crippen LogP contribution in [-0.4, -0.2) is 77.4 Å². The molecule has 0 spiro atoms. The van der Waals surface area contributed by atoms with Crippen molar-refractivity contribution in [3.05, 3.63) is 51.4 Å². The van der Waals surface area contributed by atoms with E-state index in [0.29, 0.717) is 0 Å². The number of hydrogen-bond acceptors (Lipinski definition) is 8. The Morgan fingerprint density at radius 2 is 1.21 bits per heavy atom. The number of fused-ring (bicyclic) bond motifs is 2. The summed E-state index contributed by atoms with van der Waals surface area (Å²) in [6, 6.07) is 12.4. The second-order valence-electron chi connectivity index (χ2n) is 12.7. The van der Waals surface area contributed by atoms with E-state index in [2.05, 4.69) is 66.7 Å². The molecule has 0 amide bonds. The van der Waals surface area contributed by atoms with Crippen molar-refractivity contribution in [2.24, 2.45) is 0 Å². The number of nitrogens with zero attached hydrogens (tertiary/aromatic N) is 4. The van der Waals surface area contributed by atoms with Crippen molar-refractivity contribution in [3.63, 3.8) is 0 Å². The van der Waals surface area contributed by atoms with Gasteiger partial charge in [0, 0.05) is 31.0 Å². The molecule has 3 aliphatic heterocycles. The molecule has 0 saturated carbocycles. The van der Waals surface area contributed by atoms with Crippen LogP contribution in [0.15, 0.2) is 36.4 Å². The number of benzene rings is 2. The Hall–Kier alpha value is -1.59. The molecule has 0 atom stereocenters. The third-order valence-corrected chi connectivity index (χ3v) is 11.5. The van der Waals surface area contributed by atoms with Gasteiger partial charge in [-0.25, -0.2) is 9.97 Å². The SMILES string of the molecule is CC1(C)OB(c2ccc3sc(CCN4CCCC4)nc3c2)OC1(C)C.Clc1ccc2sc(CCN3CCCC3)nc2c1. The van der Waals surface area contributed by atoms with Crippen LogP contribution in [0, 0.1) is 0 Å². The Kier molecular flexibility index (Phi) is 9.28. The van der Waals surface area contributed by atoms with Crippen molar-refractivity contribution in [3.8, 4) is 0 Å². The minimum Gasteiger partial charge on any atom is -0.399 e. The highest BCUT2D eigenvalue weighted by Crippen LogP contribution is 2.37. The second-order valence-corrected chi connectivity index (χ2v) is 15.4. The molecule has 7 rings (SSSR count). The Morgan fingerprint density at radius 3 is 1.74 bits per heavy atom.